The maximum Gasteiger partial charge on any atom is 0.150 e. The van der Waals surface area contributed by atoms with Gasteiger partial charge in [0, 0.05) is 27.2 Å². The number of aromatic amines is 1. The fourth-order valence-corrected chi connectivity index (χ4v) is 2.52. The third kappa shape index (κ3) is 1.45. The Hall–Kier alpha value is -2.68. The molecule has 90 valence electrons. The molecule has 0 bridgehead atoms. The maximum atomic E-state index is 10.8. The number of para-hydroxylation sites is 1. The molecule has 4 aromatic rings. The van der Waals surface area contributed by atoms with Crippen LogP contribution in [0.25, 0.3) is 32.8 Å². The number of hydrogen-bond donors (Lipinski definition) is 1. The average Bonchev–Trinajstić information content (AvgIpc) is 2.82. The van der Waals surface area contributed by atoms with Gasteiger partial charge < -0.3 is 4.98 Å². The van der Waals surface area contributed by atoms with Gasteiger partial charge in [-0.05, 0) is 30.3 Å². The summed E-state index contributed by atoms with van der Waals surface area (Å²) in [4.78, 5) is 18.8. The number of rotatable bonds is 1. The summed E-state index contributed by atoms with van der Waals surface area (Å²) in [6.45, 7) is 0. The highest BCUT2D eigenvalue weighted by Gasteiger charge is 2.06. The molecule has 0 amide bonds. The number of aldehydes is 1. The van der Waals surface area contributed by atoms with E-state index in [0.717, 1.165) is 39.1 Å². The van der Waals surface area contributed by atoms with Gasteiger partial charge in [-0.15, -0.1) is 0 Å². The maximum absolute atomic E-state index is 10.8. The second-order valence-electron chi connectivity index (χ2n) is 4.63. The van der Waals surface area contributed by atoms with Crippen molar-refractivity contribution in [2.75, 3.05) is 0 Å². The van der Waals surface area contributed by atoms with Crippen molar-refractivity contribution in [3.8, 4) is 0 Å². The van der Waals surface area contributed by atoms with E-state index < -0.39 is 0 Å². The molecule has 0 saturated heterocycles. The van der Waals surface area contributed by atoms with Gasteiger partial charge in [0.05, 0.1) is 5.52 Å². The summed E-state index contributed by atoms with van der Waals surface area (Å²) in [6.07, 6.45) is 0.860. The number of hydrogen-bond acceptors (Lipinski definition) is 2. The Kier molecular flexibility index (Phi) is 1.97. The topological polar surface area (TPSA) is 45.8 Å². The van der Waals surface area contributed by atoms with Crippen LogP contribution in [-0.2, 0) is 0 Å². The number of aromatic nitrogens is 2. The molecule has 2 aromatic heterocycles. The number of carbonyl (C=O) groups is 1. The van der Waals surface area contributed by atoms with Crippen molar-refractivity contribution in [2.45, 2.75) is 0 Å². The predicted molar refractivity (Wildman–Crippen MR) is 76.5 cm³/mol. The van der Waals surface area contributed by atoms with Gasteiger partial charge in [0.25, 0.3) is 0 Å². The summed E-state index contributed by atoms with van der Waals surface area (Å²) in [5.74, 6) is 0. The number of pyridine rings is 1. The van der Waals surface area contributed by atoms with E-state index in [0.29, 0.717) is 5.56 Å². The second-order valence-corrected chi connectivity index (χ2v) is 4.63. The highest BCUT2D eigenvalue weighted by atomic mass is 16.1. The molecule has 2 aromatic carbocycles. The van der Waals surface area contributed by atoms with E-state index >= 15 is 0 Å². The summed E-state index contributed by atoms with van der Waals surface area (Å²) in [7, 11) is 0. The quantitative estimate of drug-likeness (QED) is 0.521. The lowest BCUT2D eigenvalue weighted by Crippen LogP contribution is -1.84. The largest absolute Gasteiger partial charge is 0.339 e. The minimum absolute atomic E-state index is 0.675. The van der Waals surface area contributed by atoms with Gasteiger partial charge in [0.1, 0.15) is 11.9 Å². The predicted octanol–water partition coefficient (Wildman–Crippen LogP) is 3.68. The molecule has 19 heavy (non-hydrogen) atoms. The molecule has 2 heterocycles. The molecule has 1 N–H and O–H groups in total. The van der Waals surface area contributed by atoms with Crippen molar-refractivity contribution in [2.24, 2.45) is 0 Å². The van der Waals surface area contributed by atoms with Gasteiger partial charge >= 0.3 is 0 Å². The van der Waals surface area contributed by atoms with Crippen LogP contribution in [-0.4, -0.2) is 16.3 Å². The Labute approximate surface area is 108 Å². The first kappa shape index (κ1) is 10.3. The zero-order chi connectivity index (χ0) is 12.8. The third-order valence-corrected chi connectivity index (χ3v) is 3.45. The first-order chi connectivity index (χ1) is 9.35. The zero-order valence-electron chi connectivity index (χ0n) is 10.1. The van der Waals surface area contributed by atoms with E-state index in [-0.39, 0.29) is 0 Å². The van der Waals surface area contributed by atoms with Crippen LogP contribution in [0.3, 0.4) is 0 Å². The normalized spacial score (nSPS) is 11.4. The summed E-state index contributed by atoms with van der Waals surface area (Å²) in [6, 6.07) is 15.8. The summed E-state index contributed by atoms with van der Waals surface area (Å²) in [5, 5.41) is 3.23. The van der Waals surface area contributed by atoms with Crippen LogP contribution in [0.5, 0.6) is 0 Å². The highest BCUT2D eigenvalue weighted by molar-refractivity contribution is 6.09. The monoisotopic (exact) mass is 246 g/mol. The Morgan fingerprint density at radius 1 is 1.00 bits per heavy atom. The van der Waals surface area contributed by atoms with Crippen LogP contribution in [0.1, 0.15) is 10.4 Å². The number of carbonyl (C=O) groups excluding carboxylic acids is 1. The lowest BCUT2D eigenvalue weighted by Gasteiger charge is -1.99. The Morgan fingerprint density at radius 3 is 2.79 bits per heavy atom. The van der Waals surface area contributed by atoms with E-state index in [4.69, 9.17) is 0 Å². The Morgan fingerprint density at radius 2 is 1.89 bits per heavy atom. The molecular weight excluding hydrogens is 236 g/mol. The van der Waals surface area contributed by atoms with Crippen LogP contribution in [0.4, 0.5) is 0 Å². The van der Waals surface area contributed by atoms with E-state index in [9.17, 15) is 4.79 Å². The smallest absolute Gasteiger partial charge is 0.150 e. The fraction of sp³-hybridized carbons (Fsp3) is 0. The van der Waals surface area contributed by atoms with Gasteiger partial charge in [-0.2, -0.15) is 0 Å². The van der Waals surface area contributed by atoms with Crippen molar-refractivity contribution in [3.63, 3.8) is 0 Å². The standard InChI is InChI=1S/C16H10N2O/c19-9-10-5-6-14-11(7-10)8-13-12-3-1-2-4-15(12)18-16(13)17-14/h1-9H,(H,17,18). The molecule has 3 nitrogen and oxygen atoms in total. The first-order valence-corrected chi connectivity index (χ1v) is 6.11. The highest BCUT2D eigenvalue weighted by Crippen LogP contribution is 2.27. The molecule has 0 radical (unpaired) electrons. The molecule has 0 aliphatic heterocycles. The number of H-pyrrole nitrogens is 1. The van der Waals surface area contributed by atoms with Gasteiger partial charge in [-0.3, -0.25) is 4.79 Å². The lowest BCUT2D eigenvalue weighted by molar-refractivity contribution is 0.112. The molecular formula is C16H10N2O. The zero-order valence-corrected chi connectivity index (χ0v) is 10.1. The van der Waals surface area contributed by atoms with Crippen molar-refractivity contribution >= 4 is 39.1 Å². The molecule has 0 saturated carbocycles. The van der Waals surface area contributed by atoms with E-state index in [1.54, 1.807) is 6.07 Å². The fourth-order valence-electron chi connectivity index (χ4n) is 2.52. The number of fused-ring (bicyclic) bond motifs is 4. The molecule has 3 heteroatoms. The third-order valence-electron chi connectivity index (χ3n) is 3.45. The van der Waals surface area contributed by atoms with Crippen LogP contribution in [0, 0.1) is 0 Å². The molecule has 0 aliphatic carbocycles. The summed E-state index contributed by atoms with van der Waals surface area (Å²) in [5.41, 5.74) is 3.53. The molecule has 4 rings (SSSR count). The van der Waals surface area contributed by atoms with E-state index in [2.05, 4.69) is 22.1 Å². The SMILES string of the molecule is O=Cc1ccc2nc3[nH]c4ccccc4c3cc2c1. The first-order valence-electron chi connectivity index (χ1n) is 6.11. The van der Waals surface area contributed by atoms with Gasteiger partial charge in [0.15, 0.2) is 0 Å². The van der Waals surface area contributed by atoms with E-state index in [1.165, 1.54) is 0 Å². The second kappa shape index (κ2) is 3.65. The molecule has 0 fully saturated rings. The van der Waals surface area contributed by atoms with Crippen LogP contribution in [0.15, 0.2) is 48.5 Å². The van der Waals surface area contributed by atoms with Crippen LogP contribution < -0.4 is 0 Å². The summed E-state index contributed by atoms with van der Waals surface area (Å²) >= 11 is 0. The van der Waals surface area contributed by atoms with Gasteiger partial charge in [0.2, 0.25) is 0 Å². The van der Waals surface area contributed by atoms with Crippen molar-refractivity contribution < 1.29 is 4.79 Å². The minimum Gasteiger partial charge on any atom is -0.339 e. The molecule has 0 aliphatic rings. The van der Waals surface area contributed by atoms with Gasteiger partial charge in [-0.25, -0.2) is 4.98 Å². The number of benzene rings is 2. The average molecular weight is 246 g/mol. The van der Waals surface area contributed by atoms with Gasteiger partial charge in [-0.1, -0.05) is 18.2 Å². The van der Waals surface area contributed by atoms with Crippen molar-refractivity contribution in [1.82, 2.24) is 9.97 Å². The van der Waals surface area contributed by atoms with Crippen LogP contribution >= 0.6 is 0 Å². The Balaban J connectivity index is 2.18. The number of nitrogens with one attached hydrogen (secondary N) is 1. The molecule has 0 atom stereocenters. The van der Waals surface area contributed by atoms with Crippen LogP contribution in [0.2, 0.25) is 0 Å². The Bertz CT molecular complexity index is 937. The van der Waals surface area contributed by atoms with E-state index in [1.807, 2.05) is 30.3 Å². The number of nitrogens with zero attached hydrogens (tertiary/aromatic N) is 1. The van der Waals surface area contributed by atoms with Crippen molar-refractivity contribution in [1.29, 1.82) is 0 Å². The molecule has 0 unspecified atom stereocenters. The minimum atomic E-state index is 0.675. The molecule has 0 spiro atoms. The lowest BCUT2D eigenvalue weighted by atomic mass is 10.1. The van der Waals surface area contributed by atoms with Crippen molar-refractivity contribution in [3.05, 3.63) is 54.1 Å². The summed E-state index contributed by atoms with van der Waals surface area (Å²) < 4.78 is 0.